The summed E-state index contributed by atoms with van der Waals surface area (Å²) in [6, 6.07) is 11.1. The summed E-state index contributed by atoms with van der Waals surface area (Å²) in [5, 5.41) is 7.00. The zero-order valence-electron chi connectivity index (χ0n) is 17.7. The maximum Gasteiger partial charge on any atom is 0.246 e. The van der Waals surface area contributed by atoms with Crippen LogP contribution in [0.5, 0.6) is 0 Å². The third-order valence-electron chi connectivity index (χ3n) is 5.79. The predicted molar refractivity (Wildman–Crippen MR) is 116 cm³/mol. The second kappa shape index (κ2) is 8.74. The van der Waals surface area contributed by atoms with Gasteiger partial charge >= 0.3 is 0 Å². The first-order valence-electron chi connectivity index (χ1n) is 10.3. The molecule has 2 saturated heterocycles. The molecule has 2 fully saturated rings. The number of benzene rings is 1. The number of likely N-dealkylation sites (tertiary alicyclic amines) is 1. The van der Waals surface area contributed by atoms with E-state index in [-0.39, 0.29) is 24.1 Å². The Kier molecular flexibility index (Phi) is 6.04. The van der Waals surface area contributed by atoms with Crippen molar-refractivity contribution in [3.8, 4) is 0 Å². The van der Waals surface area contributed by atoms with Crippen LogP contribution in [0.1, 0.15) is 30.4 Å². The number of nitrogens with one attached hydrogen (secondary N) is 1. The lowest BCUT2D eigenvalue weighted by atomic mass is 9.81. The smallest absolute Gasteiger partial charge is 0.246 e. The summed E-state index contributed by atoms with van der Waals surface area (Å²) in [6.45, 7) is 4.10. The minimum Gasteiger partial charge on any atom is -0.361 e. The van der Waals surface area contributed by atoms with Crippen LogP contribution in [-0.2, 0) is 26.3 Å². The maximum absolute atomic E-state index is 13.0. The number of amides is 3. The first kappa shape index (κ1) is 21.4. The van der Waals surface area contributed by atoms with E-state index in [9.17, 15) is 14.4 Å². The molecule has 0 saturated carbocycles. The molecule has 0 spiro atoms. The number of carbonyl (C=O) groups excluding carboxylic acids is 3. The van der Waals surface area contributed by atoms with Crippen LogP contribution >= 0.6 is 11.8 Å². The average Bonchev–Trinajstić information content (AvgIpc) is 3.38. The van der Waals surface area contributed by atoms with Crippen molar-refractivity contribution in [2.45, 2.75) is 38.3 Å². The van der Waals surface area contributed by atoms with Gasteiger partial charge in [-0.15, -0.1) is 11.8 Å². The van der Waals surface area contributed by atoms with Gasteiger partial charge in [-0.1, -0.05) is 35.5 Å². The number of nitrogens with zero attached hydrogens (tertiary/aromatic N) is 3. The Morgan fingerprint density at radius 3 is 2.65 bits per heavy atom. The van der Waals surface area contributed by atoms with Crippen LogP contribution in [0.2, 0.25) is 0 Å². The summed E-state index contributed by atoms with van der Waals surface area (Å²) in [5.41, 5.74) is 1.12. The van der Waals surface area contributed by atoms with Crippen LogP contribution in [0, 0.1) is 6.92 Å². The van der Waals surface area contributed by atoms with Gasteiger partial charge in [-0.3, -0.25) is 14.4 Å². The fourth-order valence-electron chi connectivity index (χ4n) is 4.12. The summed E-state index contributed by atoms with van der Waals surface area (Å²) in [6.07, 6.45) is 0.738. The largest absolute Gasteiger partial charge is 0.361 e. The van der Waals surface area contributed by atoms with Crippen molar-refractivity contribution < 1.29 is 18.9 Å². The number of aryl methyl sites for hydroxylation is 2. The summed E-state index contributed by atoms with van der Waals surface area (Å²) in [5.74, 6) is 1.58. The van der Waals surface area contributed by atoms with Gasteiger partial charge in [0.2, 0.25) is 17.7 Å². The van der Waals surface area contributed by atoms with Crippen molar-refractivity contribution in [1.29, 1.82) is 0 Å². The number of thioether (sulfide) groups is 1. The second-order valence-corrected chi connectivity index (χ2v) is 9.13. The molecule has 1 N–H and O–H groups in total. The van der Waals surface area contributed by atoms with Crippen LogP contribution in [-0.4, -0.2) is 63.4 Å². The molecule has 4 rings (SSSR count). The van der Waals surface area contributed by atoms with Crippen LogP contribution in [0.3, 0.4) is 0 Å². The lowest BCUT2D eigenvalue weighted by Crippen LogP contribution is -2.70. The normalized spacial score (nSPS) is 19.7. The monoisotopic (exact) mass is 442 g/mol. The van der Waals surface area contributed by atoms with Gasteiger partial charge in [-0.2, -0.15) is 0 Å². The molecular weight excluding hydrogens is 416 g/mol. The van der Waals surface area contributed by atoms with Crippen LogP contribution in [0.15, 0.2) is 40.9 Å². The molecule has 1 aromatic heterocycles. The van der Waals surface area contributed by atoms with E-state index in [1.165, 1.54) is 6.92 Å². The Balaban J connectivity index is 1.43. The Labute approximate surface area is 185 Å². The van der Waals surface area contributed by atoms with E-state index in [0.717, 1.165) is 11.3 Å². The first-order valence-corrected chi connectivity index (χ1v) is 11.5. The molecule has 9 heteroatoms. The molecule has 0 radical (unpaired) electrons. The number of carbonyl (C=O) groups is 3. The molecule has 3 amide bonds. The zero-order valence-corrected chi connectivity index (χ0v) is 18.5. The van der Waals surface area contributed by atoms with Gasteiger partial charge in [0.15, 0.2) is 0 Å². The van der Waals surface area contributed by atoms with Gasteiger partial charge in [-0.25, -0.2) is 0 Å². The number of hydrogen-bond acceptors (Lipinski definition) is 6. The van der Waals surface area contributed by atoms with E-state index in [1.54, 1.807) is 21.6 Å². The second-order valence-electron chi connectivity index (χ2n) is 8.13. The standard InChI is InChI=1S/C22H26N4O4S/c1-15-10-18(30-24-15)8-9-20(28)23-22(17-6-4-3-5-7-17)12-25(13-22)21(29)19-11-31-14-26(19)16(2)27/h3-7,10,19H,8-9,11-14H2,1-2H3,(H,23,28)/t19-/m0/s1. The fraction of sp³-hybridized carbons (Fsp3) is 0.455. The molecule has 0 bridgehead atoms. The fourth-order valence-corrected chi connectivity index (χ4v) is 5.33. The van der Waals surface area contributed by atoms with Crippen LogP contribution in [0.4, 0.5) is 0 Å². The van der Waals surface area contributed by atoms with Gasteiger partial charge in [0.1, 0.15) is 17.3 Å². The van der Waals surface area contributed by atoms with E-state index >= 15 is 0 Å². The van der Waals surface area contributed by atoms with Crippen molar-refractivity contribution in [3.05, 3.63) is 53.4 Å². The maximum atomic E-state index is 13.0. The Morgan fingerprint density at radius 1 is 1.26 bits per heavy atom. The van der Waals surface area contributed by atoms with Gasteiger partial charge in [0.25, 0.3) is 0 Å². The van der Waals surface area contributed by atoms with Crippen molar-refractivity contribution in [2.75, 3.05) is 24.7 Å². The molecule has 2 aromatic rings. The van der Waals surface area contributed by atoms with E-state index in [4.69, 9.17) is 4.52 Å². The number of aromatic nitrogens is 1. The molecule has 8 nitrogen and oxygen atoms in total. The Hall–Kier alpha value is -2.81. The van der Waals surface area contributed by atoms with Crippen LogP contribution in [0.25, 0.3) is 0 Å². The zero-order chi connectivity index (χ0) is 22.0. The van der Waals surface area contributed by atoms with Crippen molar-refractivity contribution in [1.82, 2.24) is 20.3 Å². The average molecular weight is 443 g/mol. The Morgan fingerprint density at radius 2 is 2.00 bits per heavy atom. The van der Waals surface area contributed by atoms with Crippen molar-refractivity contribution >= 4 is 29.5 Å². The Bertz CT molecular complexity index is 971. The predicted octanol–water partition coefficient (Wildman–Crippen LogP) is 1.69. The number of hydrogen-bond donors (Lipinski definition) is 1. The molecule has 0 aliphatic carbocycles. The van der Waals surface area contributed by atoms with E-state index in [0.29, 0.717) is 36.9 Å². The van der Waals surface area contributed by atoms with Crippen molar-refractivity contribution in [3.63, 3.8) is 0 Å². The van der Waals surface area contributed by atoms with Gasteiger partial charge < -0.3 is 19.6 Å². The first-order chi connectivity index (χ1) is 14.9. The molecular formula is C22H26N4O4S. The molecule has 0 unspecified atom stereocenters. The minimum atomic E-state index is -0.627. The molecule has 31 heavy (non-hydrogen) atoms. The lowest BCUT2D eigenvalue weighted by Gasteiger charge is -2.51. The van der Waals surface area contributed by atoms with E-state index in [1.807, 2.05) is 43.3 Å². The summed E-state index contributed by atoms with van der Waals surface area (Å²) < 4.78 is 5.19. The van der Waals surface area contributed by atoms with Crippen LogP contribution < -0.4 is 5.32 Å². The molecule has 2 aliphatic heterocycles. The molecule has 164 valence electrons. The topological polar surface area (TPSA) is 95.8 Å². The lowest BCUT2D eigenvalue weighted by molar-refractivity contribution is -0.150. The highest BCUT2D eigenvalue weighted by atomic mass is 32.2. The third-order valence-corrected chi connectivity index (χ3v) is 6.80. The SMILES string of the molecule is CC(=O)N1CSC[C@H]1C(=O)N1CC(NC(=O)CCc2cc(C)no2)(c2ccccc2)C1. The van der Waals surface area contributed by atoms with E-state index in [2.05, 4.69) is 10.5 Å². The third kappa shape index (κ3) is 4.46. The van der Waals surface area contributed by atoms with Gasteiger partial charge in [0, 0.05) is 44.7 Å². The van der Waals surface area contributed by atoms with Gasteiger partial charge in [-0.05, 0) is 12.5 Å². The molecule has 1 aromatic carbocycles. The highest BCUT2D eigenvalue weighted by Crippen LogP contribution is 2.34. The minimum absolute atomic E-state index is 0.0573. The molecule has 2 aliphatic rings. The summed E-state index contributed by atoms with van der Waals surface area (Å²) in [7, 11) is 0. The van der Waals surface area contributed by atoms with E-state index < -0.39 is 11.6 Å². The summed E-state index contributed by atoms with van der Waals surface area (Å²) >= 11 is 1.59. The summed E-state index contributed by atoms with van der Waals surface area (Å²) in [4.78, 5) is 41.0. The van der Waals surface area contributed by atoms with Crippen molar-refractivity contribution in [2.24, 2.45) is 0 Å². The van der Waals surface area contributed by atoms with Gasteiger partial charge in [0.05, 0.1) is 11.6 Å². The highest BCUT2D eigenvalue weighted by molar-refractivity contribution is 7.99. The molecule has 3 heterocycles. The highest BCUT2D eigenvalue weighted by Gasteiger charge is 2.50. The number of rotatable bonds is 6. The molecule has 1 atom stereocenters. The quantitative estimate of drug-likeness (QED) is 0.732.